The van der Waals surface area contributed by atoms with Crippen molar-refractivity contribution < 1.29 is 9.18 Å². The normalized spacial score (nSPS) is 16.0. The maximum Gasteiger partial charge on any atom is 0.262 e. The van der Waals surface area contributed by atoms with Crippen LogP contribution in [0.1, 0.15) is 28.8 Å². The van der Waals surface area contributed by atoms with E-state index in [4.69, 9.17) is 0 Å². The number of nitrogens with zero attached hydrogens (tertiary/aromatic N) is 6. The Kier molecular flexibility index (Phi) is 5.62. The molecule has 0 bridgehead atoms. The molecule has 9 heteroatoms. The summed E-state index contributed by atoms with van der Waals surface area (Å²) in [7, 11) is 0. The van der Waals surface area contributed by atoms with Gasteiger partial charge in [0.25, 0.3) is 5.91 Å². The monoisotopic (exact) mass is 443 g/mol. The highest BCUT2D eigenvalue weighted by molar-refractivity contribution is 6.07. The van der Waals surface area contributed by atoms with Crippen LogP contribution in [0.3, 0.4) is 0 Å². The molecule has 0 unspecified atom stereocenters. The lowest BCUT2D eigenvalue weighted by Gasteiger charge is -2.34. The Balaban J connectivity index is 1.55. The van der Waals surface area contributed by atoms with Crippen molar-refractivity contribution >= 4 is 29.0 Å². The van der Waals surface area contributed by atoms with E-state index in [0.717, 1.165) is 19.4 Å². The number of rotatable bonds is 5. The number of carbonyl (C=O) groups is 1. The number of carbonyl (C=O) groups excluding carboxylic acids is 1. The van der Waals surface area contributed by atoms with Crippen LogP contribution >= 0.6 is 0 Å². The van der Waals surface area contributed by atoms with E-state index < -0.39 is 11.7 Å². The van der Waals surface area contributed by atoms with Gasteiger partial charge in [-0.15, -0.1) is 5.10 Å². The zero-order chi connectivity index (χ0) is 22.8. The summed E-state index contributed by atoms with van der Waals surface area (Å²) in [4.78, 5) is 24.0. The number of pyridine rings is 2. The predicted molar refractivity (Wildman–Crippen MR) is 124 cm³/mol. The van der Waals surface area contributed by atoms with E-state index in [2.05, 4.69) is 32.2 Å². The Hall–Kier alpha value is -3.98. The minimum atomic E-state index is -0.651. The molecule has 0 aliphatic carbocycles. The highest BCUT2D eigenvalue weighted by atomic mass is 19.1. The fraction of sp³-hybridized carbons (Fsp3) is 0.208. The van der Waals surface area contributed by atoms with Gasteiger partial charge in [0.1, 0.15) is 17.2 Å². The quantitative estimate of drug-likeness (QED) is 0.509. The molecular formula is C24H22FN7O. The summed E-state index contributed by atoms with van der Waals surface area (Å²) in [5, 5.41) is 11.5. The van der Waals surface area contributed by atoms with Gasteiger partial charge < -0.3 is 5.32 Å². The maximum absolute atomic E-state index is 15.3. The van der Waals surface area contributed by atoms with Gasteiger partial charge >= 0.3 is 0 Å². The first-order chi connectivity index (χ1) is 16.2. The molecule has 1 amide bonds. The summed E-state index contributed by atoms with van der Waals surface area (Å²) in [6.07, 6.45) is 6.61. The van der Waals surface area contributed by atoms with Crippen LogP contribution in [0.5, 0.6) is 0 Å². The molecule has 1 aromatic carbocycles. The van der Waals surface area contributed by atoms with Crippen LogP contribution in [0.25, 0.3) is 22.9 Å². The van der Waals surface area contributed by atoms with Crippen LogP contribution in [-0.4, -0.2) is 50.0 Å². The summed E-state index contributed by atoms with van der Waals surface area (Å²) in [5.74, 6) is -0.626. The lowest BCUT2D eigenvalue weighted by molar-refractivity contribution is 0.0967. The van der Waals surface area contributed by atoms with Crippen LogP contribution in [0.4, 0.5) is 10.2 Å². The topological polar surface area (TPSA) is 88.8 Å². The van der Waals surface area contributed by atoms with Gasteiger partial charge in [-0.2, -0.15) is 4.68 Å². The van der Waals surface area contributed by atoms with Gasteiger partial charge in [0.05, 0.1) is 17.3 Å². The number of nitrogens with one attached hydrogen (secondary N) is 1. The molecule has 1 N–H and O–H groups in total. The summed E-state index contributed by atoms with van der Waals surface area (Å²) in [6.45, 7) is 5.34. The van der Waals surface area contributed by atoms with Crippen molar-refractivity contribution in [3.63, 3.8) is 0 Å². The van der Waals surface area contributed by atoms with Gasteiger partial charge in [0, 0.05) is 30.6 Å². The second-order valence-electron chi connectivity index (χ2n) is 7.81. The number of amides is 1. The van der Waals surface area contributed by atoms with E-state index in [1.165, 1.54) is 16.8 Å². The Morgan fingerprint density at radius 2 is 2.06 bits per heavy atom. The Bertz CT molecular complexity index is 1330. The molecule has 4 aromatic rings. The number of hydrogen-bond donors (Lipinski definition) is 1. The number of aromatic nitrogens is 5. The molecule has 0 spiro atoms. The third-order valence-electron chi connectivity index (χ3n) is 5.76. The smallest absolute Gasteiger partial charge is 0.262 e. The van der Waals surface area contributed by atoms with Crippen molar-refractivity contribution in [2.75, 3.05) is 18.0 Å². The van der Waals surface area contributed by atoms with E-state index in [1.807, 2.05) is 6.07 Å². The first-order valence-electron chi connectivity index (χ1n) is 10.8. The molecule has 0 saturated carbocycles. The third-order valence-corrected chi connectivity index (χ3v) is 5.76. The zero-order valence-electron chi connectivity index (χ0n) is 17.9. The van der Waals surface area contributed by atoms with E-state index in [9.17, 15) is 4.79 Å². The minimum Gasteiger partial charge on any atom is -0.315 e. The maximum atomic E-state index is 15.3. The predicted octanol–water partition coefficient (Wildman–Crippen LogP) is 3.39. The van der Waals surface area contributed by atoms with Gasteiger partial charge in [-0.1, -0.05) is 17.9 Å². The molecule has 1 fully saturated rings. The lowest BCUT2D eigenvalue weighted by atomic mass is 10.0. The number of fused-ring (bicyclic) bond motifs is 1. The average Bonchev–Trinajstić information content (AvgIpc) is 3.29. The summed E-state index contributed by atoms with van der Waals surface area (Å²) in [6, 6.07) is 11.4. The van der Waals surface area contributed by atoms with E-state index in [-0.39, 0.29) is 11.6 Å². The van der Waals surface area contributed by atoms with Crippen LogP contribution < -0.4 is 10.2 Å². The molecule has 4 heterocycles. The van der Waals surface area contributed by atoms with E-state index >= 15 is 4.39 Å². The molecule has 0 radical (unpaired) electrons. The molecule has 1 saturated heterocycles. The molecule has 1 aliphatic rings. The third kappa shape index (κ3) is 3.87. The molecule has 166 valence electrons. The van der Waals surface area contributed by atoms with Crippen molar-refractivity contribution in [2.45, 2.75) is 18.9 Å². The van der Waals surface area contributed by atoms with E-state index in [0.29, 0.717) is 34.8 Å². The van der Waals surface area contributed by atoms with Crippen molar-refractivity contribution in [2.24, 2.45) is 0 Å². The number of benzene rings is 1. The fourth-order valence-corrected chi connectivity index (χ4v) is 4.14. The van der Waals surface area contributed by atoms with Crippen LogP contribution in [0.15, 0.2) is 61.4 Å². The highest BCUT2D eigenvalue weighted by Gasteiger charge is 2.31. The number of halogens is 1. The van der Waals surface area contributed by atoms with Crippen molar-refractivity contribution in [3.8, 4) is 5.69 Å². The second-order valence-corrected chi connectivity index (χ2v) is 7.81. The largest absolute Gasteiger partial charge is 0.315 e. The lowest BCUT2D eigenvalue weighted by Crippen LogP contribution is -2.49. The van der Waals surface area contributed by atoms with Crippen molar-refractivity contribution in [1.82, 2.24) is 30.3 Å². The number of anilines is 1. The van der Waals surface area contributed by atoms with Gasteiger partial charge in [0.15, 0.2) is 5.65 Å². The minimum absolute atomic E-state index is 0.0395. The average molecular weight is 443 g/mol. The van der Waals surface area contributed by atoms with Gasteiger partial charge in [-0.25, -0.2) is 14.4 Å². The first-order valence-corrected chi connectivity index (χ1v) is 10.8. The highest BCUT2D eigenvalue weighted by Crippen LogP contribution is 2.27. The summed E-state index contributed by atoms with van der Waals surface area (Å²) in [5.41, 5.74) is 2.22. The van der Waals surface area contributed by atoms with Gasteiger partial charge in [-0.3, -0.25) is 9.69 Å². The molecule has 1 aliphatic heterocycles. The van der Waals surface area contributed by atoms with E-state index in [1.54, 1.807) is 47.6 Å². The summed E-state index contributed by atoms with van der Waals surface area (Å²) < 4.78 is 16.8. The Morgan fingerprint density at radius 3 is 2.85 bits per heavy atom. The number of hydrogen-bond acceptors (Lipinski definition) is 6. The molecule has 5 rings (SSSR count). The molecule has 8 nitrogen and oxygen atoms in total. The van der Waals surface area contributed by atoms with Crippen molar-refractivity contribution in [3.05, 3.63) is 78.4 Å². The Labute approximate surface area is 189 Å². The number of piperidine rings is 1. The van der Waals surface area contributed by atoms with Gasteiger partial charge in [-0.05, 0) is 55.8 Å². The van der Waals surface area contributed by atoms with Crippen LogP contribution in [-0.2, 0) is 0 Å². The molecule has 1 atom stereocenters. The van der Waals surface area contributed by atoms with Crippen LogP contribution in [0, 0.1) is 5.82 Å². The molecular weight excluding hydrogens is 421 g/mol. The molecule has 33 heavy (non-hydrogen) atoms. The Morgan fingerprint density at radius 1 is 1.21 bits per heavy atom. The summed E-state index contributed by atoms with van der Waals surface area (Å²) >= 11 is 0. The second kappa shape index (κ2) is 8.87. The fourth-order valence-electron chi connectivity index (χ4n) is 4.14. The van der Waals surface area contributed by atoms with Crippen molar-refractivity contribution in [1.29, 1.82) is 0 Å². The molecule has 3 aromatic heterocycles. The van der Waals surface area contributed by atoms with Crippen LogP contribution in [0.2, 0.25) is 0 Å². The SMILES string of the molecule is C=Cc1cccnc1N(C(=O)c1ccc(-n2nnc3cccnc32)cc1F)[C@@H]1CCCNC1. The standard InChI is InChI=1S/C24H22FN7O/c1-2-16-6-3-12-27-22(16)31(18-7-4-11-26-15-18)24(33)19-10-9-17(14-20(19)25)32-23-21(29-30-32)8-5-13-28-23/h2-3,5-6,8-10,12-14,18,26H,1,4,7,11,15H2/t18-/m1/s1. The zero-order valence-corrected chi connectivity index (χ0v) is 17.9. The van der Waals surface area contributed by atoms with Gasteiger partial charge in [0.2, 0.25) is 0 Å². The first kappa shape index (κ1) is 20.9.